The normalized spacial score (nSPS) is 12.4. The second kappa shape index (κ2) is 5.78. The summed E-state index contributed by atoms with van der Waals surface area (Å²) in [7, 11) is 0. The monoisotopic (exact) mass is 212 g/mol. The van der Waals surface area contributed by atoms with Crippen LogP contribution in [0.4, 0.5) is 0 Å². The lowest BCUT2D eigenvalue weighted by Crippen LogP contribution is -2.31. The van der Waals surface area contributed by atoms with Gasteiger partial charge in [-0.25, -0.2) is 0 Å². The van der Waals surface area contributed by atoms with Crippen LogP contribution in [0.15, 0.2) is 17.5 Å². The Bertz CT molecular complexity index is 272. The SMILES string of the molecule is CCCC(=O)NCC(N)c1cccs1. The quantitative estimate of drug-likeness (QED) is 0.780. The maximum Gasteiger partial charge on any atom is 0.220 e. The number of hydrogen-bond donors (Lipinski definition) is 2. The molecule has 3 nitrogen and oxygen atoms in total. The topological polar surface area (TPSA) is 55.1 Å². The maximum atomic E-state index is 11.2. The Labute approximate surface area is 88.3 Å². The van der Waals surface area contributed by atoms with Crippen LogP contribution in [0.3, 0.4) is 0 Å². The molecule has 3 N–H and O–H groups in total. The van der Waals surface area contributed by atoms with Crippen molar-refractivity contribution < 1.29 is 4.79 Å². The Morgan fingerprint density at radius 3 is 3.07 bits per heavy atom. The molecule has 0 saturated heterocycles. The Morgan fingerprint density at radius 2 is 2.50 bits per heavy atom. The highest BCUT2D eigenvalue weighted by Crippen LogP contribution is 2.15. The molecule has 78 valence electrons. The molecule has 0 aliphatic carbocycles. The van der Waals surface area contributed by atoms with Gasteiger partial charge in [0.05, 0.1) is 6.04 Å². The Morgan fingerprint density at radius 1 is 1.71 bits per heavy atom. The second-order valence-corrected chi connectivity index (χ2v) is 4.16. The van der Waals surface area contributed by atoms with E-state index in [-0.39, 0.29) is 11.9 Å². The first kappa shape index (κ1) is 11.2. The molecule has 0 bridgehead atoms. The van der Waals surface area contributed by atoms with Crippen molar-refractivity contribution in [3.05, 3.63) is 22.4 Å². The van der Waals surface area contributed by atoms with E-state index in [1.807, 2.05) is 24.4 Å². The van der Waals surface area contributed by atoms with E-state index in [0.29, 0.717) is 13.0 Å². The molecule has 1 unspecified atom stereocenters. The van der Waals surface area contributed by atoms with Gasteiger partial charge in [-0.05, 0) is 17.9 Å². The van der Waals surface area contributed by atoms with Crippen LogP contribution in [-0.4, -0.2) is 12.5 Å². The largest absolute Gasteiger partial charge is 0.354 e. The lowest BCUT2D eigenvalue weighted by Gasteiger charge is -2.10. The summed E-state index contributed by atoms with van der Waals surface area (Å²) in [5.74, 6) is 0.0829. The van der Waals surface area contributed by atoms with Gasteiger partial charge in [-0.2, -0.15) is 0 Å². The summed E-state index contributed by atoms with van der Waals surface area (Å²) in [6.07, 6.45) is 1.46. The van der Waals surface area contributed by atoms with Crippen LogP contribution in [0.2, 0.25) is 0 Å². The molecule has 1 aromatic rings. The number of rotatable bonds is 5. The van der Waals surface area contributed by atoms with E-state index in [4.69, 9.17) is 5.73 Å². The zero-order chi connectivity index (χ0) is 10.4. The molecule has 4 heteroatoms. The fourth-order valence-electron chi connectivity index (χ4n) is 1.14. The number of carbonyl (C=O) groups excluding carboxylic acids is 1. The molecular formula is C10H16N2OS. The molecule has 0 saturated carbocycles. The molecule has 14 heavy (non-hydrogen) atoms. The first-order valence-electron chi connectivity index (χ1n) is 4.79. The minimum atomic E-state index is -0.0733. The molecule has 0 spiro atoms. The van der Waals surface area contributed by atoms with Gasteiger partial charge in [0.25, 0.3) is 0 Å². The van der Waals surface area contributed by atoms with Gasteiger partial charge >= 0.3 is 0 Å². The summed E-state index contributed by atoms with van der Waals surface area (Å²) in [4.78, 5) is 12.3. The van der Waals surface area contributed by atoms with Crippen LogP contribution < -0.4 is 11.1 Å². The highest BCUT2D eigenvalue weighted by molar-refractivity contribution is 7.10. The van der Waals surface area contributed by atoms with Gasteiger partial charge in [-0.1, -0.05) is 13.0 Å². The molecule has 0 aromatic carbocycles. The molecule has 0 radical (unpaired) electrons. The highest BCUT2D eigenvalue weighted by Gasteiger charge is 2.07. The predicted octanol–water partition coefficient (Wildman–Crippen LogP) is 1.66. The van der Waals surface area contributed by atoms with E-state index in [1.165, 1.54) is 0 Å². The average Bonchev–Trinajstić information content (AvgIpc) is 2.67. The first-order chi connectivity index (χ1) is 6.74. The van der Waals surface area contributed by atoms with Crippen molar-refractivity contribution in [1.82, 2.24) is 5.32 Å². The van der Waals surface area contributed by atoms with Gasteiger partial charge < -0.3 is 11.1 Å². The number of thiophene rings is 1. The number of carbonyl (C=O) groups is 1. The zero-order valence-electron chi connectivity index (χ0n) is 8.32. The lowest BCUT2D eigenvalue weighted by atomic mass is 10.2. The van der Waals surface area contributed by atoms with E-state index in [1.54, 1.807) is 11.3 Å². The molecule has 0 aliphatic rings. The van der Waals surface area contributed by atoms with Crippen molar-refractivity contribution in [1.29, 1.82) is 0 Å². The molecule has 1 amide bonds. The minimum Gasteiger partial charge on any atom is -0.354 e. The van der Waals surface area contributed by atoms with Crippen molar-refractivity contribution in [2.75, 3.05) is 6.54 Å². The first-order valence-corrected chi connectivity index (χ1v) is 5.67. The van der Waals surface area contributed by atoms with Crippen molar-refractivity contribution >= 4 is 17.2 Å². The fraction of sp³-hybridized carbons (Fsp3) is 0.500. The maximum absolute atomic E-state index is 11.2. The van der Waals surface area contributed by atoms with Crippen LogP contribution in [-0.2, 0) is 4.79 Å². The Hall–Kier alpha value is -0.870. The van der Waals surface area contributed by atoms with E-state index in [0.717, 1.165) is 11.3 Å². The molecule has 1 atom stereocenters. The summed E-state index contributed by atoms with van der Waals surface area (Å²) in [5.41, 5.74) is 5.88. The van der Waals surface area contributed by atoms with Gasteiger partial charge in [0, 0.05) is 17.8 Å². The van der Waals surface area contributed by atoms with E-state index in [9.17, 15) is 4.79 Å². The average molecular weight is 212 g/mol. The third-order valence-corrected chi connectivity index (χ3v) is 2.91. The molecule has 0 aliphatic heterocycles. The molecular weight excluding hydrogens is 196 g/mol. The van der Waals surface area contributed by atoms with Crippen LogP contribution in [0.5, 0.6) is 0 Å². The predicted molar refractivity (Wildman–Crippen MR) is 59.2 cm³/mol. The Kier molecular flexibility index (Phi) is 4.62. The third-order valence-electron chi connectivity index (χ3n) is 1.90. The summed E-state index contributed by atoms with van der Waals surface area (Å²) in [6, 6.07) is 3.88. The number of nitrogens with two attached hydrogens (primary N) is 1. The summed E-state index contributed by atoms with van der Waals surface area (Å²) in [6.45, 7) is 2.51. The van der Waals surface area contributed by atoms with E-state index in [2.05, 4.69) is 5.32 Å². The van der Waals surface area contributed by atoms with Gasteiger partial charge in [-0.3, -0.25) is 4.79 Å². The summed E-state index contributed by atoms with van der Waals surface area (Å²) >= 11 is 1.62. The fourth-order valence-corrected chi connectivity index (χ4v) is 1.87. The summed E-state index contributed by atoms with van der Waals surface area (Å²) < 4.78 is 0. The second-order valence-electron chi connectivity index (χ2n) is 3.18. The van der Waals surface area contributed by atoms with Crippen LogP contribution in [0.25, 0.3) is 0 Å². The minimum absolute atomic E-state index is 0.0733. The summed E-state index contributed by atoms with van der Waals surface area (Å²) in [5, 5.41) is 4.80. The van der Waals surface area contributed by atoms with Gasteiger partial charge in [0.1, 0.15) is 0 Å². The van der Waals surface area contributed by atoms with Crippen molar-refractivity contribution in [3.63, 3.8) is 0 Å². The van der Waals surface area contributed by atoms with Crippen LogP contribution >= 0.6 is 11.3 Å². The number of nitrogens with one attached hydrogen (secondary N) is 1. The number of amides is 1. The van der Waals surface area contributed by atoms with Gasteiger partial charge in [-0.15, -0.1) is 11.3 Å². The van der Waals surface area contributed by atoms with E-state index < -0.39 is 0 Å². The number of hydrogen-bond acceptors (Lipinski definition) is 3. The standard InChI is InChI=1S/C10H16N2OS/c1-2-4-10(13)12-7-8(11)9-5-3-6-14-9/h3,5-6,8H,2,4,7,11H2,1H3,(H,12,13). The van der Waals surface area contributed by atoms with Crippen molar-refractivity contribution in [3.8, 4) is 0 Å². The van der Waals surface area contributed by atoms with Crippen LogP contribution in [0, 0.1) is 0 Å². The van der Waals surface area contributed by atoms with E-state index >= 15 is 0 Å². The van der Waals surface area contributed by atoms with Gasteiger partial charge in [0.15, 0.2) is 0 Å². The van der Waals surface area contributed by atoms with Crippen LogP contribution in [0.1, 0.15) is 30.7 Å². The zero-order valence-corrected chi connectivity index (χ0v) is 9.14. The van der Waals surface area contributed by atoms with Crippen molar-refractivity contribution in [2.24, 2.45) is 5.73 Å². The smallest absolute Gasteiger partial charge is 0.220 e. The molecule has 0 fully saturated rings. The molecule has 1 aromatic heterocycles. The third kappa shape index (κ3) is 3.47. The van der Waals surface area contributed by atoms with Gasteiger partial charge in [0.2, 0.25) is 5.91 Å². The highest BCUT2D eigenvalue weighted by atomic mass is 32.1. The van der Waals surface area contributed by atoms with Crippen molar-refractivity contribution in [2.45, 2.75) is 25.8 Å². The molecule has 1 heterocycles. The molecule has 1 rings (SSSR count). The Balaban J connectivity index is 2.28. The lowest BCUT2D eigenvalue weighted by molar-refractivity contribution is -0.121.